The quantitative estimate of drug-likeness (QED) is 0.306. The van der Waals surface area contributed by atoms with E-state index in [1.54, 1.807) is 0 Å². The van der Waals surface area contributed by atoms with Gasteiger partial charge in [0.1, 0.15) is 13.2 Å². The van der Waals surface area contributed by atoms with Crippen molar-refractivity contribution in [1.29, 1.82) is 0 Å². The highest BCUT2D eigenvalue weighted by atomic mass is 16.7. The molecule has 1 heterocycles. The van der Waals surface area contributed by atoms with E-state index >= 15 is 0 Å². The minimum Gasteiger partial charge on any atom is -0.447 e. The number of nitrogens with zero attached hydrogens (tertiary/aromatic N) is 1. The summed E-state index contributed by atoms with van der Waals surface area (Å²) in [4.78, 5) is 39.3. The fraction of sp³-hybridized carbons (Fsp3) is 0.207. The molecule has 36 heavy (non-hydrogen) atoms. The normalized spacial score (nSPS) is 15.6. The molecule has 0 radical (unpaired) electrons. The van der Waals surface area contributed by atoms with E-state index in [9.17, 15) is 14.4 Å². The highest BCUT2D eigenvalue weighted by molar-refractivity contribution is 5.96. The first kappa shape index (κ1) is 24.7. The Labute approximate surface area is 209 Å². The molecule has 2 atom stereocenters. The zero-order valence-corrected chi connectivity index (χ0v) is 19.7. The molecule has 7 nitrogen and oxygen atoms in total. The summed E-state index contributed by atoms with van der Waals surface area (Å²) in [5.74, 6) is -0.652. The molecular weight excluding hydrogens is 458 g/mol. The van der Waals surface area contributed by atoms with Gasteiger partial charge in [0, 0.05) is 6.42 Å². The average molecular weight is 486 g/mol. The number of benzene rings is 3. The molecule has 0 bridgehead atoms. The van der Waals surface area contributed by atoms with Crippen LogP contribution in [0.15, 0.2) is 97.6 Å². The first-order chi connectivity index (χ1) is 17.5. The van der Waals surface area contributed by atoms with Crippen LogP contribution in [0.2, 0.25) is 0 Å². The van der Waals surface area contributed by atoms with Gasteiger partial charge in [-0.3, -0.25) is 4.79 Å². The number of carbonyl (C=O) groups excluding carboxylic acids is 3. The minimum absolute atomic E-state index is 0.0616. The van der Waals surface area contributed by atoms with E-state index in [0.29, 0.717) is 6.42 Å². The van der Waals surface area contributed by atoms with Gasteiger partial charge >= 0.3 is 12.2 Å². The second-order valence-corrected chi connectivity index (χ2v) is 8.35. The van der Waals surface area contributed by atoms with Gasteiger partial charge < -0.3 is 14.2 Å². The Morgan fingerprint density at radius 3 is 2.25 bits per heavy atom. The van der Waals surface area contributed by atoms with Crippen LogP contribution in [0.4, 0.5) is 9.59 Å². The van der Waals surface area contributed by atoms with E-state index in [1.807, 2.05) is 84.9 Å². The largest absolute Gasteiger partial charge is 0.509 e. The maximum atomic E-state index is 13.5. The molecule has 0 N–H and O–H groups in total. The number of rotatable bonds is 9. The number of carbonyl (C=O) groups is 3. The van der Waals surface area contributed by atoms with Crippen LogP contribution in [0.25, 0.3) is 11.1 Å². The van der Waals surface area contributed by atoms with Crippen molar-refractivity contribution in [2.75, 3.05) is 13.2 Å². The van der Waals surface area contributed by atoms with Gasteiger partial charge in [-0.05, 0) is 28.7 Å². The van der Waals surface area contributed by atoms with Crippen LogP contribution in [0.3, 0.4) is 0 Å². The summed E-state index contributed by atoms with van der Waals surface area (Å²) in [7, 11) is 0. The molecule has 1 aliphatic rings. The van der Waals surface area contributed by atoms with Crippen LogP contribution in [-0.4, -0.2) is 48.4 Å². The van der Waals surface area contributed by atoms with E-state index in [2.05, 4.69) is 6.58 Å². The Morgan fingerprint density at radius 2 is 1.58 bits per heavy atom. The topological polar surface area (TPSA) is 82.1 Å². The molecule has 2 amide bonds. The third-order valence-corrected chi connectivity index (χ3v) is 5.83. The highest BCUT2D eigenvalue weighted by Gasteiger charge is 2.42. The molecule has 0 saturated carbocycles. The summed E-state index contributed by atoms with van der Waals surface area (Å²) in [6.07, 6.45) is -1.14. The Bertz CT molecular complexity index is 1190. The van der Waals surface area contributed by atoms with Gasteiger partial charge in [0.25, 0.3) is 5.91 Å². The van der Waals surface area contributed by atoms with Gasteiger partial charge in [0.2, 0.25) is 0 Å². The van der Waals surface area contributed by atoms with E-state index in [1.165, 1.54) is 6.08 Å². The molecule has 1 saturated heterocycles. The molecule has 0 aliphatic carbocycles. The predicted molar refractivity (Wildman–Crippen MR) is 134 cm³/mol. The van der Waals surface area contributed by atoms with E-state index in [-0.39, 0.29) is 19.6 Å². The molecule has 0 spiro atoms. The number of ether oxygens (including phenoxy) is 3. The summed E-state index contributed by atoms with van der Waals surface area (Å²) in [5, 5.41) is 0. The highest BCUT2D eigenvalue weighted by Crippen LogP contribution is 2.23. The molecule has 4 rings (SSSR count). The Kier molecular flexibility index (Phi) is 8.13. The lowest BCUT2D eigenvalue weighted by atomic mass is 10.0. The molecule has 3 aromatic carbocycles. The molecule has 7 heteroatoms. The molecule has 0 unspecified atom stereocenters. The van der Waals surface area contributed by atoms with Crippen LogP contribution in [0.1, 0.15) is 11.1 Å². The van der Waals surface area contributed by atoms with Crippen molar-refractivity contribution < 1.29 is 28.6 Å². The van der Waals surface area contributed by atoms with Crippen molar-refractivity contribution in [3.05, 3.63) is 109 Å². The third-order valence-electron chi connectivity index (χ3n) is 5.83. The fourth-order valence-corrected chi connectivity index (χ4v) is 4.06. The molecule has 184 valence electrons. The molecule has 0 aromatic heterocycles. The van der Waals surface area contributed by atoms with Gasteiger partial charge in [-0.15, -0.1) is 0 Å². The second kappa shape index (κ2) is 11.8. The lowest BCUT2D eigenvalue weighted by Gasteiger charge is -2.25. The van der Waals surface area contributed by atoms with Gasteiger partial charge in [0.15, 0.2) is 6.10 Å². The summed E-state index contributed by atoms with van der Waals surface area (Å²) >= 11 is 0. The van der Waals surface area contributed by atoms with Crippen molar-refractivity contribution in [1.82, 2.24) is 4.90 Å². The molecule has 3 aromatic rings. The van der Waals surface area contributed by atoms with Crippen molar-refractivity contribution in [2.45, 2.75) is 25.0 Å². The van der Waals surface area contributed by atoms with Gasteiger partial charge in [-0.1, -0.05) is 97.6 Å². The van der Waals surface area contributed by atoms with E-state index < -0.39 is 30.3 Å². The maximum Gasteiger partial charge on any atom is 0.509 e. The van der Waals surface area contributed by atoms with Crippen LogP contribution in [-0.2, 0) is 31.8 Å². The minimum atomic E-state index is -1.27. The van der Waals surface area contributed by atoms with E-state index in [4.69, 9.17) is 14.2 Å². The van der Waals surface area contributed by atoms with Crippen LogP contribution in [0, 0.1) is 0 Å². The second-order valence-electron chi connectivity index (χ2n) is 8.35. The fourth-order valence-electron chi connectivity index (χ4n) is 4.06. The van der Waals surface area contributed by atoms with Crippen LogP contribution < -0.4 is 0 Å². The summed E-state index contributed by atoms with van der Waals surface area (Å²) in [6, 6.07) is 26.5. The standard InChI is InChI=1S/C29H27NO6/c1-2-17-34-29(33)36-26(19-22-13-15-24(16-14-22)23-11-7-4-8-12-23)27(31)30-25(20-35-28(30)32)18-21-9-5-3-6-10-21/h2-16,25-26H,1,17-20H2/t25-,26-/m0/s1. The number of imide groups is 1. The number of cyclic esters (lactones) is 1. The molecule has 1 fully saturated rings. The van der Waals surface area contributed by atoms with Crippen molar-refractivity contribution in [3.63, 3.8) is 0 Å². The lowest BCUT2D eigenvalue weighted by molar-refractivity contribution is -0.139. The summed E-state index contributed by atoms with van der Waals surface area (Å²) in [5.41, 5.74) is 3.79. The monoisotopic (exact) mass is 485 g/mol. The van der Waals surface area contributed by atoms with Crippen molar-refractivity contribution in [2.24, 2.45) is 0 Å². The Morgan fingerprint density at radius 1 is 0.944 bits per heavy atom. The third kappa shape index (κ3) is 6.18. The predicted octanol–water partition coefficient (Wildman–Crippen LogP) is 5.19. The number of amides is 2. The number of hydrogen-bond donors (Lipinski definition) is 0. The number of hydrogen-bond acceptors (Lipinski definition) is 6. The lowest BCUT2D eigenvalue weighted by Crippen LogP contribution is -2.47. The first-order valence-electron chi connectivity index (χ1n) is 11.7. The van der Waals surface area contributed by atoms with Crippen LogP contribution in [0.5, 0.6) is 0 Å². The zero-order chi connectivity index (χ0) is 25.3. The molecular formula is C29H27NO6. The summed E-state index contributed by atoms with van der Waals surface area (Å²) in [6.45, 7) is 3.51. The van der Waals surface area contributed by atoms with E-state index in [0.717, 1.165) is 27.2 Å². The Hall–Kier alpha value is -4.39. The molecule has 1 aliphatic heterocycles. The smallest absolute Gasteiger partial charge is 0.447 e. The van der Waals surface area contributed by atoms with Crippen molar-refractivity contribution >= 4 is 18.2 Å². The maximum absolute atomic E-state index is 13.5. The van der Waals surface area contributed by atoms with Gasteiger partial charge in [-0.25, -0.2) is 14.5 Å². The van der Waals surface area contributed by atoms with Crippen molar-refractivity contribution in [3.8, 4) is 11.1 Å². The Balaban J connectivity index is 1.54. The van der Waals surface area contributed by atoms with Gasteiger partial charge in [0.05, 0.1) is 6.04 Å². The first-order valence-corrected chi connectivity index (χ1v) is 11.7. The van der Waals surface area contributed by atoms with Crippen LogP contribution >= 0.6 is 0 Å². The van der Waals surface area contributed by atoms with Gasteiger partial charge in [-0.2, -0.15) is 0 Å². The average Bonchev–Trinajstić information content (AvgIpc) is 3.27. The SMILES string of the molecule is C=CCOC(=O)O[C@@H](Cc1ccc(-c2ccccc2)cc1)C(=O)N1C(=O)OC[C@@H]1Cc1ccccc1. The summed E-state index contributed by atoms with van der Waals surface area (Å²) < 4.78 is 15.5. The zero-order valence-electron chi connectivity index (χ0n) is 19.7.